The number of nitrogens with one attached hydrogen (secondary N) is 1. The molecule has 1 fully saturated rings. The van der Waals surface area contributed by atoms with Gasteiger partial charge in [-0.3, -0.25) is 4.68 Å². The zero-order valence-corrected chi connectivity index (χ0v) is 14.1. The van der Waals surface area contributed by atoms with E-state index >= 15 is 0 Å². The molecule has 6 heteroatoms. The Morgan fingerprint density at radius 3 is 2.76 bits per heavy atom. The third kappa shape index (κ3) is 3.21. The van der Waals surface area contributed by atoms with Crippen molar-refractivity contribution < 1.29 is 9.53 Å². The molecule has 0 aliphatic carbocycles. The first-order valence-corrected chi connectivity index (χ1v) is 8.36. The Morgan fingerprint density at radius 1 is 1.12 bits per heavy atom. The maximum Gasteiger partial charge on any atom is 0.321 e. The molecular weight excluding hydrogens is 316 g/mol. The van der Waals surface area contributed by atoms with Gasteiger partial charge in [0.1, 0.15) is 0 Å². The van der Waals surface area contributed by atoms with Crippen LogP contribution in [0.15, 0.2) is 48.7 Å². The number of aromatic nitrogens is 2. The van der Waals surface area contributed by atoms with Crippen LogP contribution >= 0.6 is 0 Å². The molecule has 0 saturated carbocycles. The van der Waals surface area contributed by atoms with Gasteiger partial charge in [-0.05, 0) is 29.3 Å². The Kier molecular flexibility index (Phi) is 4.11. The number of fused-ring (bicyclic) bond motifs is 1. The Balaban J connectivity index is 1.57. The number of aryl methyl sites for hydroxylation is 1. The fourth-order valence-electron chi connectivity index (χ4n) is 3.07. The van der Waals surface area contributed by atoms with Crippen LogP contribution in [0.5, 0.6) is 0 Å². The summed E-state index contributed by atoms with van der Waals surface area (Å²) in [5, 5.41) is 8.38. The number of urea groups is 1. The number of hydrogen-bond donors (Lipinski definition) is 1. The molecule has 128 valence electrons. The molecule has 4 rings (SSSR count). The molecule has 0 atom stereocenters. The lowest BCUT2D eigenvalue weighted by Gasteiger charge is -2.27. The second kappa shape index (κ2) is 6.57. The van der Waals surface area contributed by atoms with E-state index in [4.69, 9.17) is 4.74 Å². The summed E-state index contributed by atoms with van der Waals surface area (Å²) in [5.41, 5.74) is 4.03. The van der Waals surface area contributed by atoms with Crippen molar-refractivity contribution in [3.63, 3.8) is 0 Å². The van der Waals surface area contributed by atoms with Crippen molar-refractivity contribution in [1.82, 2.24) is 14.7 Å². The largest absolute Gasteiger partial charge is 0.378 e. The van der Waals surface area contributed by atoms with Gasteiger partial charge in [0.15, 0.2) is 0 Å². The minimum atomic E-state index is -0.0810. The number of anilines is 1. The highest BCUT2D eigenvalue weighted by Crippen LogP contribution is 2.26. The van der Waals surface area contributed by atoms with Crippen LogP contribution in [0.1, 0.15) is 0 Å². The molecule has 6 nitrogen and oxygen atoms in total. The van der Waals surface area contributed by atoms with Gasteiger partial charge in [0.25, 0.3) is 0 Å². The number of carbonyl (C=O) groups is 1. The van der Waals surface area contributed by atoms with Gasteiger partial charge < -0.3 is 15.0 Å². The molecule has 3 aromatic rings. The molecule has 2 amide bonds. The summed E-state index contributed by atoms with van der Waals surface area (Å²) in [6.07, 6.45) is 1.86. The summed E-state index contributed by atoms with van der Waals surface area (Å²) in [7, 11) is 1.94. The van der Waals surface area contributed by atoms with Crippen LogP contribution < -0.4 is 5.32 Å². The van der Waals surface area contributed by atoms with E-state index in [1.54, 1.807) is 4.90 Å². The number of hydrogen-bond acceptors (Lipinski definition) is 3. The normalized spacial score (nSPS) is 14.7. The fourth-order valence-corrected chi connectivity index (χ4v) is 3.07. The lowest BCUT2D eigenvalue weighted by molar-refractivity contribution is 0.0564. The van der Waals surface area contributed by atoms with Crippen molar-refractivity contribution in [3.8, 4) is 11.1 Å². The van der Waals surface area contributed by atoms with E-state index in [2.05, 4.69) is 28.6 Å². The zero-order valence-electron chi connectivity index (χ0n) is 14.1. The SMILES string of the molecule is Cn1ncc2ccc(-c3cccc(NC(=O)N4CCOCC4)c3)cc21. The molecule has 0 radical (unpaired) electrons. The molecule has 0 bridgehead atoms. The summed E-state index contributed by atoms with van der Waals surface area (Å²) in [4.78, 5) is 14.1. The number of carbonyl (C=O) groups excluding carboxylic acids is 1. The number of nitrogens with zero attached hydrogens (tertiary/aromatic N) is 3. The van der Waals surface area contributed by atoms with Gasteiger partial charge in [0.05, 0.1) is 24.9 Å². The first kappa shape index (κ1) is 15.7. The summed E-state index contributed by atoms with van der Waals surface area (Å²) in [6.45, 7) is 2.45. The highest BCUT2D eigenvalue weighted by Gasteiger charge is 2.16. The molecular formula is C19H20N4O2. The van der Waals surface area contributed by atoms with E-state index in [1.165, 1.54) is 0 Å². The van der Waals surface area contributed by atoms with Gasteiger partial charge in [-0.25, -0.2) is 4.79 Å². The number of amides is 2. The van der Waals surface area contributed by atoms with Crippen molar-refractivity contribution in [2.75, 3.05) is 31.6 Å². The van der Waals surface area contributed by atoms with Gasteiger partial charge in [-0.2, -0.15) is 5.10 Å². The average molecular weight is 336 g/mol. The Morgan fingerprint density at radius 2 is 1.92 bits per heavy atom. The van der Waals surface area contributed by atoms with E-state index in [9.17, 15) is 4.79 Å². The smallest absolute Gasteiger partial charge is 0.321 e. The van der Waals surface area contributed by atoms with Gasteiger partial charge in [0, 0.05) is 31.2 Å². The fraction of sp³-hybridized carbons (Fsp3) is 0.263. The van der Waals surface area contributed by atoms with Crippen LogP contribution in [-0.4, -0.2) is 47.0 Å². The summed E-state index contributed by atoms with van der Waals surface area (Å²) < 4.78 is 7.15. The second-order valence-electron chi connectivity index (χ2n) is 6.15. The maximum atomic E-state index is 12.3. The minimum Gasteiger partial charge on any atom is -0.378 e. The van der Waals surface area contributed by atoms with Crippen LogP contribution in [0.2, 0.25) is 0 Å². The van der Waals surface area contributed by atoms with Gasteiger partial charge in [0.2, 0.25) is 0 Å². The lowest BCUT2D eigenvalue weighted by Crippen LogP contribution is -2.43. The number of ether oxygens (including phenoxy) is 1. The van der Waals surface area contributed by atoms with Crippen molar-refractivity contribution in [2.45, 2.75) is 0 Å². The predicted molar refractivity (Wildman–Crippen MR) is 97.6 cm³/mol. The lowest BCUT2D eigenvalue weighted by atomic mass is 10.0. The molecule has 0 spiro atoms. The molecule has 1 N–H and O–H groups in total. The monoisotopic (exact) mass is 336 g/mol. The zero-order chi connectivity index (χ0) is 17.2. The number of benzene rings is 2. The summed E-state index contributed by atoms with van der Waals surface area (Å²) in [6, 6.07) is 14.1. The first-order valence-electron chi connectivity index (χ1n) is 8.36. The molecule has 2 heterocycles. The van der Waals surface area contributed by atoms with Crippen LogP contribution in [0.3, 0.4) is 0 Å². The van der Waals surface area contributed by atoms with Gasteiger partial charge >= 0.3 is 6.03 Å². The van der Waals surface area contributed by atoms with E-state index in [0.29, 0.717) is 26.3 Å². The van der Waals surface area contributed by atoms with Crippen molar-refractivity contribution in [3.05, 3.63) is 48.7 Å². The third-order valence-corrected chi connectivity index (χ3v) is 4.49. The first-order chi connectivity index (χ1) is 12.2. The summed E-state index contributed by atoms with van der Waals surface area (Å²) in [5.74, 6) is 0. The number of morpholine rings is 1. The van der Waals surface area contributed by atoms with Gasteiger partial charge in [-0.1, -0.05) is 24.3 Å². The average Bonchev–Trinajstić information content (AvgIpc) is 3.03. The van der Waals surface area contributed by atoms with Crippen LogP contribution in [0.4, 0.5) is 10.5 Å². The van der Waals surface area contributed by atoms with Crippen LogP contribution in [-0.2, 0) is 11.8 Å². The molecule has 2 aromatic carbocycles. The van der Waals surface area contributed by atoms with E-state index in [0.717, 1.165) is 27.7 Å². The molecule has 1 aromatic heterocycles. The topological polar surface area (TPSA) is 59.4 Å². The Hall–Kier alpha value is -2.86. The van der Waals surface area contributed by atoms with Crippen molar-refractivity contribution in [1.29, 1.82) is 0 Å². The second-order valence-corrected chi connectivity index (χ2v) is 6.15. The minimum absolute atomic E-state index is 0.0810. The predicted octanol–water partition coefficient (Wildman–Crippen LogP) is 3.10. The van der Waals surface area contributed by atoms with Crippen LogP contribution in [0.25, 0.3) is 22.0 Å². The van der Waals surface area contributed by atoms with E-state index in [1.807, 2.05) is 42.2 Å². The molecule has 25 heavy (non-hydrogen) atoms. The van der Waals surface area contributed by atoms with Crippen molar-refractivity contribution in [2.24, 2.45) is 7.05 Å². The van der Waals surface area contributed by atoms with Gasteiger partial charge in [-0.15, -0.1) is 0 Å². The Labute approximate surface area is 146 Å². The van der Waals surface area contributed by atoms with Crippen molar-refractivity contribution >= 4 is 22.6 Å². The third-order valence-electron chi connectivity index (χ3n) is 4.49. The molecule has 1 saturated heterocycles. The Bertz CT molecular complexity index is 913. The van der Waals surface area contributed by atoms with Crippen LogP contribution in [0, 0.1) is 0 Å². The summed E-state index contributed by atoms with van der Waals surface area (Å²) >= 11 is 0. The van der Waals surface area contributed by atoms with E-state index < -0.39 is 0 Å². The number of rotatable bonds is 2. The molecule has 1 aliphatic heterocycles. The highest BCUT2D eigenvalue weighted by molar-refractivity contribution is 5.91. The highest BCUT2D eigenvalue weighted by atomic mass is 16.5. The standard InChI is InChI=1S/C19H20N4O2/c1-22-18-12-15(5-6-16(18)13-20-22)14-3-2-4-17(11-14)21-19(24)23-7-9-25-10-8-23/h2-6,11-13H,7-10H2,1H3,(H,21,24). The molecule has 1 aliphatic rings. The van der Waals surface area contributed by atoms with E-state index in [-0.39, 0.29) is 6.03 Å². The molecule has 0 unspecified atom stereocenters. The maximum absolute atomic E-state index is 12.3. The quantitative estimate of drug-likeness (QED) is 0.782.